The van der Waals surface area contributed by atoms with Crippen LogP contribution < -0.4 is 5.32 Å². The molecule has 364 valence electrons. The number of hydrogen-bond donors (Lipinski definition) is 7. The van der Waals surface area contributed by atoms with Gasteiger partial charge >= 0.3 is 10.4 Å². The van der Waals surface area contributed by atoms with E-state index in [1.54, 1.807) is 0 Å². The number of nitrogens with one attached hydrogen (secondary N) is 1. The molecule has 1 aliphatic heterocycles. The second kappa shape index (κ2) is 38.3. The number of aliphatic hydroxyl groups is 5. The normalized spacial score (nSPS) is 21.1. The molecule has 0 aliphatic carbocycles. The first-order valence-corrected chi connectivity index (χ1v) is 26.4. The lowest BCUT2D eigenvalue weighted by atomic mass is 9.99. The average molecular weight is 896 g/mol. The van der Waals surface area contributed by atoms with Crippen LogP contribution in [0.25, 0.3) is 0 Å². The van der Waals surface area contributed by atoms with E-state index >= 15 is 0 Å². The molecule has 8 atom stereocenters. The summed E-state index contributed by atoms with van der Waals surface area (Å²) in [7, 11) is -5.10. The van der Waals surface area contributed by atoms with Crippen molar-refractivity contribution < 1.29 is 57.0 Å². The van der Waals surface area contributed by atoms with Crippen LogP contribution in [0.3, 0.4) is 0 Å². The Kier molecular flexibility index (Phi) is 36.5. The molecule has 1 fully saturated rings. The molecule has 1 amide bonds. The zero-order valence-corrected chi connectivity index (χ0v) is 39.4. The van der Waals surface area contributed by atoms with Crippen molar-refractivity contribution >= 4 is 16.3 Å². The van der Waals surface area contributed by atoms with Crippen LogP contribution in [0, 0.1) is 0 Å². The predicted molar refractivity (Wildman–Crippen MR) is 242 cm³/mol. The highest BCUT2D eigenvalue weighted by molar-refractivity contribution is 7.80. The first-order valence-electron chi connectivity index (χ1n) is 25.0. The van der Waals surface area contributed by atoms with Gasteiger partial charge in [0.2, 0.25) is 5.91 Å². The fourth-order valence-corrected chi connectivity index (χ4v) is 8.80. The summed E-state index contributed by atoms with van der Waals surface area (Å²) in [5, 5.41) is 55.3. The van der Waals surface area contributed by atoms with Crippen molar-refractivity contribution in [2.75, 3.05) is 13.2 Å². The number of amides is 1. The molecule has 7 N–H and O–H groups in total. The van der Waals surface area contributed by atoms with E-state index in [0.717, 1.165) is 38.5 Å². The minimum absolute atomic E-state index is 0.266. The number of hydrogen-bond acceptors (Lipinski definition) is 11. The molecule has 0 aromatic carbocycles. The Morgan fingerprint density at radius 3 is 1.31 bits per heavy atom. The molecule has 1 heterocycles. The lowest BCUT2D eigenvalue weighted by Crippen LogP contribution is -2.61. The van der Waals surface area contributed by atoms with E-state index in [9.17, 15) is 43.3 Å². The van der Waals surface area contributed by atoms with Crippen LogP contribution in [0.5, 0.6) is 0 Å². The van der Waals surface area contributed by atoms with E-state index in [0.29, 0.717) is 19.3 Å². The second-order valence-electron chi connectivity index (χ2n) is 17.9. The fourth-order valence-electron chi connectivity index (χ4n) is 8.29. The Morgan fingerprint density at radius 1 is 0.590 bits per heavy atom. The number of unbranched alkanes of at least 4 members (excludes halogenated alkanes) is 30. The summed E-state index contributed by atoms with van der Waals surface area (Å²) in [4.78, 5) is 13.1. The van der Waals surface area contributed by atoms with Crippen LogP contribution in [-0.2, 0) is 28.9 Å². The summed E-state index contributed by atoms with van der Waals surface area (Å²) in [6.07, 6.45) is 28.8. The molecule has 1 aliphatic rings. The summed E-state index contributed by atoms with van der Waals surface area (Å²) in [6, 6.07) is -1.03. The molecule has 13 nitrogen and oxygen atoms in total. The Balaban J connectivity index is 2.40. The van der Waals surface area contributed by atoms with Crippen LogP contribution in [0.2, 0.25) is 0 Å². The number of carbonyl (C=O) groups is 1. The zero-order chi connectivity index (χ0) is 45.0. The molecule has 8 unspecified atom stereocenters. The molecule has 0 radical (unpaired) electrons. The smallest absolute Gasteiger partial charge is 0.394 e. The maximum atomic E-state index is 13.1. The van der Waals surface area contributed by atoms with Gasteiger partial charge < -0.3 is 40.3 Å². The summed E-state index contributed by atoms with van der Waals surface area (Å²) in [5.74, 6) is -0.666. The van der Waals surface area contributed by atoms with Gasteiger partial charge in [0.05, 0.1) is 25.4 Å². The molecule has 61 heavy (non-hydrogen) atoms. The van der Waals surface area contributed by atoms with Crippen molar-refractivity contribution in [1.29, 1.82) is 0 Å². The maximum Gasteiger partial charge on any atom is 0.397 e. The molecular weight excluding hydrogens is 803 g/mol. The average Bonchev–Trinajstić information content (AvgIpc) is 3.23. The standard InChI is InChI=1S/C47H93NO12S/c1-3-5-7-9-11-13-15-16-17-18-19-20-21-22-23-24-25-26-28-30-32-34-36-41(51)46(54)48-39(40(50)35-33-31-29-27-14-12-10-8-6-4-2)38-58-47-44(53)45(60-61(55,56)57)43(52)42(37-49)59-47/h39-45,47,49-53H,3-38H2,1-2H3,(H,48,54)(H,55,56,57). The van der Waals surface area contributed by atoms with Crippen molar-refractivity contribution in [2.45, 2.75) is 281 Å². The Bertz CT molecular complexity index is 1120. The maximum absolute atomic E-state index is 13.1. The largest absolute Gasteiger partial charge is 0.397 e. The minimum atomic E-state index is -5.10. The summed E-state index contributed by atoms with van der Waals surface area (Å²) in [6.45, 7) is 3.28. The summed E-state index contributed by atoms with van der Waals surface area (Å²) in [5.41, 5.74) is 0. The number of carbonyl (C=O) groups excluding carboxylic acids is 1. The third-order valence-electron chi connectivity index (χ3n) is 12.3. The van der Waals surface area contributed by atoms with E-state index in [1.807, 2.05) is 0 Å². The van der Waals surface area contributed by atoms with Crippen LogP contribution in [0.4, 0.5) is 0 Å². The van der Waals surface area contributed by atoms with Gasteiger partial charge in [-0.2, -0.15) is 8.42 Å². The van der Waals surface area contributed by atoms with Crippen LogP contribution >= 0.6 is 0 Å². The van der Waals surface area contributed by atoms with E-state index in [-0.39, 0.29) is 6.42 Å². The first kappa shape index (κ1) is 58.1. The van der Waals surface area contributed by atoms with Gasteiger partial charge in [-0.3, -0.25) is 9.35 Å². The van der Waals surface area contributed by atoms with Crippen molar-refractivity contribution in [3.05, 3.63) is 0 Å². The topological polar surface area (TPSA) is 212 Å². The highest BCUT2D eigenvalue weighted by Crippen LogP contribution is 2.26. The number of ether oxygens (including phenoxy) is 2. The summed E-state index contributed by atoms with van der Waals surface area (Å²) >= 11 is 0. The van der Waals surface area contributed by atoms with Crippen LogP contribution in [-0.4, -0.2) is 107 Å². The zero-order valence-electron chi connectivity index (χ0n) is 38.6. The SMILES string of the molecule is CCCCCCCCCCCCCCCCCCCCCCCCC(O)C(=O)NC(COC1OC(CO)C(O)C(OS(=O)(=O)O)C1O)C(O)CCCCCCCCCCCC. The third kappa shape index (κ3) is 30.8. The molecule has 0 bridgehead atoms. The first-order chi connectivity index (χ1) is 29.4. The lowest BCUT2D eigenvalue weighted by molar-refractivity contribution is -0.298. The monoisotopic (exact) mass is 896 g/mol. The van der Waals surface area contributed by atoms with Gasteiger partial charge in [-0.1, -0.05) is 219 Å². The van der Waals surface area contributed by atoms with E-state index < -0.39 is 78.5 Å². The Labute approximate surface area is 371 Å². The lowest BCUT2D eigenvalue weighted by Gasteiger charge is -2.41. The Hall–Kier alpha value is -0.940. The molecular formula is C47H93NO12S. The predicted octanol–water partition coefficient (Wildman–Crippen LogP) is 9.14. The minimum Gasteiger partial charge on any atom is -0.394 e. The van der Waals surface area contributed by atoms with Crippen molar-refractivity contribution in [3.8, 4) is 0 Å². The van der Waals surface area contributed by atoms with Crippen molar-refractivity contribution in [2.24, 2.45) is 0 Å². The molecule has 1 rings (SSSR count). The second-order valence-corrected chi connectivity index (χ2v) is 19.0. The summed E-state index contributed by atoms with van der Waals surface area (Å²) < 4.78 is 47.5. The van der Waals surface area contributed by atoms with Crippen LogP contribution in [0.15, 0.2) is 0 Å². The Morgan fingerprint density at radius 2 is 0.951 bits per heavy atom. The van der Waals surface area contributed by atoms with E-state index in [4.69, 9.17) is 9.47 Å². The number of rotatable bonds is 43. The third-order valence-corrected chi connectivity index (χ3v) is 12.7. The van der Waals surface area contributed by atoms with Gasteiger partial charge in [0.1, 0.15) is 30.5 Å². The van der Waals surface area contributed by atoms with Gasteiger partial charge in [0, 0.05) is 0 Å². The highest BCUT2D eigenvalue weighted by atomic mass is 32.3. The molecule has 0 saturated carbocycles. The van der Waals surface area contributed by atoms with E-state index in [1.165, 1.54) is 154 Å². The van der Waals surface area contributed by atoms with Crippen molar-refractivity contribution in [1.82, 2.24) is 5.32 Å². The van der Waals surface area contributed by atoms with Gasteiger partial charge in [-0.15, -0.1) is 0 Å². The van der Waals surface area contributed by atoms with Gasteiger partial charge in [-0.25, -0.2) is 4.18 Å². The molecule has 1 saturated heterocycles. The quantitative estimate of drug-likeness (QED) is 0.0226. The van der Waals surface area contributed by atoms with E-state index in [2.05, 4.69) is 23.3 Å². The molecule has 14 heteroatoms. The van der Waals surface area contributed by atoms with Gasteiger partial charge in [0.15, 0.2) is 6.29 Å². The molecule has 0 spiro atoms. The fraction of sp³-hybridized carbons (Fsp3) is 0.979. The van der Waals surface area contributed by atoms with Gasteiger partial charge in [0.25, 0.3) is 0 Å². The van der Waals surface area contributed by atoms with Crippen molar-refractivity contribution in [3.63, 3.8) is 0 Å². The highest BCUT2D eigenvalue weighted by Gasteiger charge is 2.48. The number of aliphatic hydroxyl groups excluding tert-OH is 5. The van der Waals surface area contributed by atoms with Gasteiger partial charge in [-0.05, 0) is 12.8 Å². The van der Waals surface area contributed by atoms with Crippen LogP contribution in [0.1, 0.15) is 232 Å². The molecule has 0 aromatic heterocycles. The molecule has 0 aromatic rings.